The molecule has 0 atom stereocenters. The Labute approximate surface area is 159 Å². The maximum absolute atomic E-state index is 12.5. The van der Waals surface area contributed by atoms with Crippen LogP contribution in [0.15, 0.2) is 53.4 Å². The minimum atomic E-state index is -0.385. The molecule has 0 aliphatic carbocycles. The predicted molar refractivity (Wildman–Crippen MR) is 105 cm³/mol. The summed E-state index contributed by atoms with van der Waals surface area (Å²) in [5.41, 5.74) is 4.90. The lowest BCUT2D eigenvalue weighted by Crippen LogP contribution is -2.44. The molecule has 1 saturated heterocycles. The number of thioether (sulfide) groups is 1. The van der Waals surface area contributed by atoms with Gasteiger partial charge in [0.2, 0.25) is 0 Å². The van der Waals surface area contributed by atoms with E-state index < -0.39 is 0 Å². The number of nitrogens with one attached hydrogen (secondary N) is 1. The van der Waals surface area contributed by atoms with E-state index in [-0.39, 0.29) is 16.1 Å². The maximum atomic E-state index is 12.5. The molecule has 0 saturated carbocycles. The second-order valence-corrected chi connectivity index (χ2v) is 7.49. The van der Waals surface area contributed by atoms with Crippen LogP contribution in [-0.4, -0.2) is 21.1 Å². The number of hydrazine groups is 1. The first-order chi connectivity index (χ1) is 11.9. The molecule has 2 aromatic rings. The van der Waals surface area contributed by atoms with E-state index >= 15 is 0 Å². The molecule has 2 amide bonds. The van der Waals surface area contributed by atoms with Crippen LogP contribution in [0.2, 0.25) is 5.02 Å². The Morgan fingerprint density at radius 1 is 1.16 bits per heavy atom. The topological polar surface area (TPSA) is 49.4 Å². The summed E-state index contributed by atoms with van der Waals surface area (Å²) in [6.07, 6.45) is 1.72. The van der Waals surface area contributed by atoms with Crippen LogP contribution in [0.5, 0.6) is 0 Å². The number of carbonyl (C=O) groups excluding carboxylic acids is 2. The van der Waals surface area contributed by atoms with Crippen LogP contribution >= 0.6 is 35.6 Å². The van der Waals surface area contributed by atoms with Gasteiger partial charge in [0.05, 0.1) is 4.91 Å². The van der Waals surface area contributed by atoms with Gasteiger partial charge in [0.1, 0.15) is 0 Å². The zero-order chi connectivity index (χ0) is 18.0. The Hall–Kier alpha value is -2.15. The number of thiocarbonyl (C=S) groups is 1. The number of carbonyl (C=O) groups is 2. The fourth-order valence-electron chi connectivity index (χ4n) is 2.15. The van der Waals surface area contributed by atoms with Crippen LogP contribution in [0.4, 0.5) is 0 Å². The van der Waals surface area contributed by atoms with E-state index in [9.17, 15) is 9.59 Å². The van der Waals surface area contributed by atoms with Crippen molar-refractivity contribution >= 4 is 57.8 Å². The Balaban J connectivity index is 1.76. The highest BCUT2D eigenvalue weighted by molar-refractivity contribution is 8.26. The third kappa shape index (κ3) is 4.10. The number of rotatable bonds is 3. The maximum Gasteiger partial charge on any atom is 0.285 e. The standard InChI is InChI=1S/C18H13ClN2O2S2/c1-11-2-6-13(7-3-11)16(22)20-21-17(23)15(25-18(21)24)10-12-4-8-14(19)9-5-12/h2-10H,1H3,(H,20,22)/b15-10-. The first-order valence-corrected chi connectivity index (χ1v) is 8.95. The third-order valence-corrected chi connectivity index (χ3v) is 5.04. The molecule has 0 spiro atoms. The van der Waals surface area contributed by atoms with Crippen molar-refractivity contribution in [1.82, 2.24) is 10.4 Å². The molecule has 0 bridgehead atoms. The number of benzene rings is 2. The number of nitrogens with zero attached hydrogens (tertiary/aromatic N) is 1. The molecule has 1 aliphatic heterocycles. The summed E-state index contributed by atoms with van der Waals surface area (Å²) in [7, 11) is 0. The largest absolute Gasteiger partial charge is 0.285 e. The van der Waals surface area contributed by atoms with E-state index in [2.05, 4.69) is 5.43 Å². The number of amides is 2. The summed E-state index contributed by atoms with van der Waals surface area (Å²) < 4.78 is 0.283. The van der Waals surface area contributed by atoms with E-state index in [1.54, 1.807) is 42.5 Å². The van der Waals surface area contributed by atoms with Crippen LogP contribution in [0.25, 0.3) is 6.08 Å². The lowest BCUT2D eigenvalue weighted by molar-refractivity contribution is -0.123. The van der Waals surface area contributed by atoms with Crippen LogP contribution in [0.3, 0.4) is 0 Å². The molecule has 0 unspecified atom stereocenters. The molecular formula is C18H13ClN2O2S2. The quantitative estimate of drug-likeness (QED) is 0.632. The van der Waals surface area contributed by atoms with Crippen LogP contribution in [0.1, 0.15) is 21.5 Å². The molecule has 2 aromatic carbocycles. The van der Waals surface area contributed by atoms with Crippen molar-refractivity contribution in [3.05, 3.63) is 75.1 Å². The third-order valence-electron chi connectivity index (χ3n) is 3.49. The summed E-state index contributed by atoms with van der Waals surface area (Å²) in [5.74, 6) is -0.741. The molecule has 0 aromatic heterocycles. The van der Waals surface area contributed by atoms with Crippen LogP contribution < -0.4 is 5.43 Å². The Morgan fingerprint density at radius 3 is 2.44 bits per heavy atom. The lowest BCUT2D eigenvalue weighted by Gasteiger charge is -2.15. The highest BCUT2D eigenvalue weighted by Gasteiger charge is 2.33. The summed E-state index contributed by atoms with van der Waals surface area (Å²) in [5, 5.41) is 1.72. The van der Waals surface area contributed by atoms with Gasteiger partial charge in [-0.2, -0.15) is 5.01 Å². The molecule has 126 valence electrons. The molecule has 1 heterocycles. The number of halogens is 1. The molecule has 25 heavy (non-hydrogen) atoms. The molecule has 1 N–H and O–H groups in total. The van der Waals surface area contributed by atoms with E-state index in [1.807, 2.05) is 19.1 Å². The molecule has 0 radical (unpaired) electrons. The minimum Gasteiger partial charge on any atom is -0.267 e. The van der Waals surface area contributed by atoms with Crippen LogP contribution in [0, 0.1) is 6.92 Å². The average Bonchev–Trinajstić information content (AvgIpc) is 2.85. The highest BCUT2D eigenvalue weighted by atomic mass is 35.5. The zero-order valence-electron chi connectivity index (χ0n) is 13.2. The lowest BCUT2D eigenvalue weighted by atomic mass is 10.1. The molecule has 1 fully saturated rings. The van der Waals surface area contributed by atoms with Gasteiger partial charge >= 0.3 is 0 Å². The van der Waals surface area contributed by atoms with E-state index in [0.717, 1.165) is 27.9 Å². The number of hydrogen-bond donors (Lipinski definition) is 1. The predicted octanol–water partition coefficient (Wildman–Crippen LogP) is 4.19. The Kier molecular flexibility index (Phi) is 5.22. The summed E-state index contributed by atoms with van der Waals surface area (Å²) in [6, 6.07) is 14.2. The molecule has 1 aliphatic rings. The first-order valence-electron chi connectivity index (χ1n) is 7.35. The van der Waals surface area contributed by atoms with Crippen molar-refractivity contribution in [2.45, 2.75) is 6.92 Å². The molecule has 3 rings (SSSR count). The van der Waals surface area contributed by atoms with Gasteiger partial charge in [-0.05, 0) is 55.0 Å². The molecular weight excluding hydrogens is 376 g/mol. The van der Waals surface area contributed by atoms with Crippen molar-refractivity contribution in [1.29, 1.82) is 0 Å². The smallest absolute Gasteiger partial charge is 0.267 e. The van der Waals surface area contributed by atoms with Crippen molar-refractivity contribution in [3.8, 4) is 0 Å². The van der Waals surface area contributed by atoms with Gasteiger partial charge in [-0.1, -0.05) is 53.2 Å². The second-order valence-electron chi connectivity index (χ2n) is 5.38. The van der Waals surface area contributed by atoms with E-state index in [4.69, 9.17) is 23.8 Å². The Morgan fingerprint density at radius 2 is 1.80 bits per heavy atom. The molecule has 7 heteroatoms. The van der Waals surface area contributed by atoms with Gasteiger partial charge in [0.15, 0.2) is 4.32 Å². The van der Waals surface area contributed by atoms with Gasteiger partial charge in [-0.3, -0.25) is 15.0 Å². The van der Waals surface area contributed by atoms with Gasteiger partial charge < -0.3 is 0 Å². The van der Waals surface area contributed by atoms with E-state index in [1.165, 1.54) is 0 Å². The van der Waals surface area contributed by atoms with Gasteiger partial charge in [-0.15, -0.1) is 0 Å². The summed E-state index contributed by atoms with van der Waals surface area (Å²) in [6.45, 7) is 1.94. The zero-order valence-corrected chi connectivity index (χ0v) is 15.5. The first kappa shape index (κ1) is 17.7. The van der Waals surface area contributed by atoms with Crippen molar-refractivity contribution in [2.75, 3.05) is 0 Å². The second kappa shape index (κ2) is 7.39. The fourth-order valence-corrected chi connectivity index (χ4v) is 3.45. The van der Waals surface area contributed by atoms with Gasteiger partial charge in [0, 0.05) is 10.6 Å². The summed E-state index contributed by atoms with van der Waals surface area (Å²) in [4.78, 5) is 25.3. The Bertz CT molecular complexity index is 877. The summed E-state index contributed by atoms with van der Waals surface area (Å²) >= 11 is 12.2. The fraction of sp³-hybridized carbons (Fsp3) is 0.0556. The van der Waals surface area contributed by atoms with Gasteiger partial charge in [-0.25, -0.2) is 0 Å². The number of hydrogen-bond acceptors (Lipinski definition) is 4. The van der Waals surface area contributed by atoms with Crippen molar-refractivity contribution in [2.24, 2.45) is 0 Å². The SMILES string of the molecule is Cc1ccc(C(=O)NN2C(=O)/C(=C/c3ccc(Cl)cc3)SC2=S)cc1. The van der Waals surface area contributed by atoms with Crippen LogP contribution in [-0.2, 0) is 4.79 Å². The average molecular weight is 389 g/mol. The minimum absolute atomic E-state index is 0.283. The van der Waals surface area contributed by atoms with Gasteiger partial charge in [0.25, 0.3) is 11.8 Å². The van der Waals surface area contributed by atoms with E-state index in [0.29, 0.717) is 15.5 Å². The van der Waals surface area contributed by atoms with Crippen molar-refractivity contribution < 1.29 is 9.59 Å². The van der Waals surface area contributed by atoms with Crippen molar-refractivity contribution in [3.63, 3.8) is 0 Å². The normalized spacial score (nSPS) is 15.8. The highest BCUT2D eigenvalue weighted by Crippen LogP contribution is 2.31. The monoisotopic (exact) mass is 388 g/mol. The number of aryl methyl sites for hydroxylation is 1. The molecule has 4 nitrogen and oxygen atoms in total.